The summed E-state index contributed by atoms with van der Waals surface area (Å²) >= 11 is 0. The first-order valence-electron chi connectivity index (χ1n) is 18.0. The minimum Gasteiger partial charge on any atom is -0.487 e. The number of carbonyl (C=O) groups excluding carboxylic acids is 3. The van der Waals surface area contributed by atoms with Gasteiger partial charge in [-0.05, 0) is 71.1 Å². The highest BCUT2D eigenvalue weighted by Gasteiger charge is 2.52. The molecule has 4 aromatic rings. The zero-order valence-corrected chi connectivity index (χ0v) is 29.6. The highest BCUT2D eigenvalue weighted by molar-refractivity contribution is 6.00. The quantitative estimate of drug-likeness (QED) is 0.182. The van der Waals surface area contributed by atoms with Crippen molar-refractivity contribution in [1.29, 1.82) is 0 Å². The van der Waals surface area contributed by atoms with Crippen LogP contribution in [-0.2, 0) is 39.5 Å². The number of benzene rings is 3. The third-order valence-corrected chi connectivity index (χ3v) is 11.0. The van der Waals surface area contributed by atoms with E-state index in [0.717, 1.165) is 35.8 Å². The smallest absolute Gasteiger partial charge is 0.243 e. The lowest BCUT2D eigenvalue weighted by atomic mass is 9.63. The number of anilines is 2. The predicted octanol–water partition coefficient (Wildman–Crippen LogP) is 5.14. The van der Waals surface area contributed by atoms with Crippen LogP contribution in [-0.4, -0.2) is 58.1 Å². The van der Waals surface area contributed by atoms with Crippen LogP contribution in [0.4, 0.5) is 11.6 Å². The van der Waals surface area contributed by atoms with Gasteiger partial charge in [0, 0.05) is 73.7 Å². The number of aromatic nitrogens is 2. The van der Waals surface area contributed by atoms with E-state index in [1.165, 1.54) is 22.3 Å². The standard InChI is InChI=1S/C42H42N6O4/c1-41(2,32-10-13-36(14-11-32)52-25-34-17-19-44-40(45-34)48-26-42(27-48)21-35(49)22-42)31-8-5-28(6-9-31)4-3-18-43-33-12-7-29-23-47(24-30(29)20-33)37-15-16-38(50)46-39(37)51/h5-14,17,19-20,37,43H,15-16,18,21-27H2,1-2H3,(H,46,50,51). The van der Waals surface area contributed by atoms with Gasteiger partial charge in [-0.25, -0.2) is 9.97 Å². The molecule has 264 valence electrons. The van der Waals surface area contributed by atoms with Crippen LogP contribution in [0.25, 0.3) is 0 Å². The van der Waals surface area contributed by atoms with Gasteiger partial charge in [0.15, 0.2) is 0 Å². The molecule has 0 radical (unpaired) electrons. The number of hydrogen-bond donors (Lipinski definition) is 2. The number of hydrogen-bond acceptors (Lipinski definition) is 9. The number of rotatable bonds is 9. The summed E-state index contributed by atoms with van der Waals surface area (Å²) in [5.74, 6) is 7.98. The number of carbonyl (C=O) groups is 3. The minimum absolute atomic E-state index is 0.163. The molecule has 1 saturated carbocycles. The van der Waals surface area contributed by atoms with Gasteiger partial charge >= 0.3 is 0 Å². The van der Waals surface area contributed by atoms with Crippen LogP contribution in [0.1, 0.15) is 73.0 Å². The van der Waals surface area contributed by atoms with Gasteiger partial charge in [-0.15, -0.1) is 0 Å². The molecular formula is C42H42N6O4. The zero-order valence-electron chi connectivity index (χ0n) is 29.6. The van der Waals surface area contributed by atoms with Crippen molar-refractivity contribution in [2.24, 2.45) is 5.41 Å². The maximum atomic E-state index is 12.3. The van der Waals surface area contributed by atoms with E-state index < -0.39 is 0 Å². The molecule has 3 aliphatic heterocycles. The Morgan fingerprint density at radius 1 is 0.942 bits per heavy atom. The second-order valence-electron chi connectivity index (χ2n) is 15.1. The summed E-state index contributed by atoms with van der Waals surface area (Å²) in [5.41, 5.74) is 7.52. The largest absolute Gasteiger partial charge is 0.487 e. The van der Waals surface area contributed by atoms with Crippen molar-refractivity contribution in [1.82, 2.24) is 20.2 Å². The molecule has 4 heterocycles. The van der Waals surface area contributed by atoms with Gasteiger partial charge in [0.2, 0.25) is 17.8 Å². The van der Waals surface area contributed by atoms with Crippen LogP contribution >= 0.6 is 0 Å². The third-order valence-electron chi connectivity index (χ3n) is 11.0. The van der Waals surface area contributed by atoms with Gasteiger partial charge in [-0.3, -0.25) is 24.6 Å². The monoisotopic (exact) mass is 694 g/mol. The van der Waals surface area contributed by atoms with Crippen molar-refractivity contribution in [3.63, 3.8) is 0 Å². The van der Waals surface area contributed by atoms with Gasteiger partial charge in [0.05, 0.1) is 18.3 Å². The first-order valence-corrected chi connectivity index (χ1v) is 18.0. The van der Waals surface area contributed by atoms with E-state index in [-0.39, 0.29) is 28.7 Å². The molecule has 2 amide bonds. The number of amides is 2. The van der Waals surface area contributed by atoms with E-state index in [4.69, 9.17) is 9.72 Å². The summed E-state index contributed by atoms with van der Waals surface area (Å²) < 4.78 is 6.08. The van der Waals surface area contributed by atoms with Crippen molar-refractivity contribution in [3.8, 4) is 17.6 Å². The van der Waals surface area contributed by atoms with E-state index in [1.54, 1.807) is 6.20 Å². The molecule has 1 aromatic heterocycles. The summed E-state index contributed by atoms with van der Waals surface area (Å²) in [7, 11) is 0. The average molecular weight is 695 g/mol. The molecule has 10 nitrogen and oxygen atoms in total. The zero-order chi connectivity index (χ0) is 35.9. The van der Waals surface area contributed by atoms with E-state index in [9.17, 15) is 14.4 Å². The molecule has 3 fully saturated rings. The van der Waals surface area contributed by atoms with Crippen LogP contribution < -0.4 is 20.3 Å². The van der Waals surface area contributed by atoms with Crippen molar-refractivity contribution >= 4 is 29.2 Å². The van der Waals surface area contributed by atoms with Crippen molar-refractivity contribution in [2.75, 3.05) is 29.9 Å². The Morgan fingerprint density at radius 3 is 2.40 bits per heavy atom. The molecule has 8 rings (SSSR count). The number of nitrogens with one attached hydrogen (secondary N) is 2. The summed E-state index contributed by atoms with van der Waals surface area (Å²) in [5, 5.41) is 5.88. The van der Waals surface area contributed by atoms with Crippen LogP contribution in [0.5, 0.6) is 5.75 Å². The Hall–Kier alpha value is -5.53. The fraction of sp³-hybridized carbons (Fsp3) is 0.357. The fourth-order valence-corrected chi connectivity index (χ4v) is 7.87. The number of fused-ring (bicyclic) bond motifs is 1. The van der Waals surface area contributed by atoms with Gasteiger partial charge < -0.3 is 15.0 Å². The SMILES string of the molecule is CC(C)(c1ccc(C#CCNc2ccc3c(c2)CN(C2CCC(=O)NC2=O)C3)cc1)c1ccc(OCc2ccnc(N3CC4(CC(=O)C4)C3)n2)cc1. The molecule has 2 N–H and O–H groups in total. The third kappa shape index (κ3) is 6.89. The van der Waals surface area contributed by atoms with E-state index >= 15 is 0 Å². The first kappa shape index (κ1) is 33.6. The molecule has 0 bridgehead atoms. The number of piperidine rings is 1. The highest BCUT2D eigenvalue weighted by Crippen LogP contribution is 2.46. The minimum atomic E-state index is -0.257. The van der Waals surface area contributed by atoms with E-state index in [0.29, 0.717) is 63.7 Å². The van der Waals surface area contributed by atoms with Gasteiger partial charge in [0.1, 0.15) is 18.1 Å². The molecule has 1 unspecified atom stereocenters. The Labute approximate surface area is 304 Å². The lowest BCUT2D eigenvalue weighted by Crippen LogP contribution is -2.63. The van der Waals surface area contributed by atoms with Gasteiger partial charge in [-0.1, -0.05) is 56.0 Å². The Balaban J connectivity index is 0.814. The lowest BCUT2D eigenvalue weighted by Gasteiger charge is -2.54. The summed E-state index contributed by atoms with van der Waals surface area (Å²) in [6.07, 6.45) is 4.11. The van der Waals surface area contributed by atoms with Crippen LogP contribution in [0.15, 0.2) is 79.0 Å². The molecule has 4 aliphatic rings. The van der Waals surface area contributed by atoms with Gasteiger partial charge in [-0.2, -0.15) is 0 Å². The number of ether oxygens (including phenoxy) is 1. The van der Waals surface area contributed by atoms with Crippen molar-refractivity contribution in [3.05, 3.63) is 113 Å². The van der Waals surface area contributed by atoms with E-state index in [2.05, 4.69) is 106 Å². The van der Waals surface area contributed by atoms with Crippen molar-refractivity contribution in [2.45, 2.75) is 70.7 Å². The molecule has 1 atom stereocenters. The maximum Gasteiger partial charge on any atom is 0.243 e. The Morgan fingerprint density at radius 2 is 1.67 bits per heavy atom. The molecule has 1 aliphatic carbocycles. The van der Waals surface area contributed by atoms with Crippen LogP contribution in [0.2, 0.25) is 0 Å². The predicted molar refractivity (Wildman–Crippen MR) is 197 cm³/mol. The highest BCUT2D eigenvalue weighted by atomic mass is 16.5. The first-order chi connectivity index (χ1) is 25.1. The summed E-state index contributed by atoms with van der Waals surface area (Å²) in [6, 6.07) is 24.6. The molecule has 1 spiro atoms. The molecule has 3 aromatic carbocycles. The number of nitrogens with zero attached hydrogens (tertiary/aromatic N) is 4. The topological polar surface area (TPSA) is 117 Å². The second kappa shape index (κ2) is 13.5. The number of imide groups is 1. The molecule has 2 saturated heterocycles. The van der Waals surface area contributed by atoms with Crippen LogP contribution in [0.3, 0.4) is 0 Å². The second-order valence-corrected chi connectivity index (χ2v) is 15.1. The summed E-state index contributed by atoms with van der Waals surface area (Å²) in [4.78, 5) is 48.7. The Kier molecular flexibility index (Phi) is 8.76. The van der Waals surface area contributed by atoms with Gasteiger partial charge in [0.25, 0.3) is 0 Å². The van der Waals surface area contributed by atoms with E-state index in [1.807, 2.05) is 18.2 Å². The molecule has 10 heteroatoms. The number of Topliss-reactive ketones (excluding diaryl/α,β-unsaturated/α-hetero) is 1. The lowest BCUT2D eigenvalue weighted by molar-refractivity contribution is -0.138. The average Bonchev–Trinajstić information content (AvgIpc) is 3.54. The van der Waals surface area contributed by atoms with Crippen molar-refractivity contribution < 1.29 is 19.1 Å². The number of ketones is 1. The normalized spacial score (nSPS) is 19.2. The Bertz CT molecular complexity index is 2080. The molecule has 52 heavy (non-hydrogen) atoms. The maximum absolute atomic E-state index is 12.3. The molecular weight excluding hydrogens is 652 g/mol. The summed E-state index contributed by atoms with van der Waals surface area (Å²) in [6.45, 7) is 8.41. The van der Waals surface area contributed by atoms with Crippen LogP contribution in [0, 0.1) is 17.3 Å². The fourth-order valence-electron chi connectivity index (χ4n) is 7.87.